The van der Waals surface area contributed by atoms with Gasteiger partial charge in [-0.25, -0.2) is 26.3 Å². The molecular formula is C12H15N2O4S3+. The first-order valence-electron chi connectivity index (χ1n) is 5.95. The lowest BCUT2D eigenvalue weighted by Gasteiger charge is -2.03. The van der Waals surface area contributed by atoms with Crippen LogP contribution in [0.2, 0.25) is 0 Å². The van der Waals surface area contributed by atoms with Gasteiger partial charge in [0, 0.05) is 6.07 Å². The summed E-state index contributed by atoms with van der Waals surface area (Å²) in [6.45, 7) is 0.0675. The Balaban J connectivity index is 2.11. The average Bonchev–Trinajstić information content (AvgIpc) is 2.96. The van der Waals surface area contributed by atoms with Gasteiger partial charge < -0.3 is 0 Å². The Bertz CT molecular complexity index is 811. The van der Waals surface area contributed by atoms with Gasteiger partial charge in [-0.05, 0) is 30.5 Å². The van der Waals surface area contributed by atoms with Gasteiger partial charge in [0.05, 0.1) is 11.4 Å². The number of nitrogens with one attached hydrogen (secondary N) is 2. The number of sulfonamides is 2. The third kappa shape index (κ3) is 3.89. The molecule has 0 fully saturated rings. The van der Waals surface area contributed by atoms with Crippen molar-refractivity contribution in [1.29, 1.82) is 0 Å². The molecule has 6 nitrogen and oxygen atoms in total. The van der Waals surface area contributed by atoms with Crippen LogP contribution in [0.15, 0.2) is 51.6 Å². The molecule has 2 aromatic rings. The van der Waals surface area contributed by atoms with Gasteiger partial charge in [0.25, 0.3) is 0 Å². The highest BCUT2D eigenvalue weighted by Crippen LogP contribution is 2.19. The fraction of sp³-hybridized carbons (Fsp3) is 0.167. The molecule has 1 heterocycles. The molecule has 1 aromatic heterocycles. The van der Waals surface area contributed by atoms with Gasteiger partial charge in [-0.2, -0.15) is 0 Å². The zero-order chi connectivity index (χ0) is 15.5. The first-order chi connectivity index (χ1) is 9.85. The number of rotatable bonds is 6. The van der Waals surface area contributed by atoms with Crippen LogP contribution >= 0.6 is 11.3 Å². The van der Waals surface area contributed by atoms with Crippen molar-refractivity contribution >= 4 is 31.4 Å². The molecule has 1 aromatic carbocycles. The van der Waals surface area contributed by atoms with Crippen LogP contribution in [0.25, 0.3) is 0 Å². The molecule has 0 radical (unpaired) electrons. The van der Waals surface area contributed by atoms with Crippen molar-refractivity contribution in [1.82, 2.24) is 9.44 Å². The zero-order valence-electron chi connectivity index (χ0n) is 11.1. The second kappa shape index (κ2) is 6.24. The maximum absolute atomic E-state index is 12.0. The summed E-state index contributed by atoms with van der Waals surface area (Å²) in [6, 6.07) is 9.48. The van der Waals surface area contributed by atoms with Crippen LogP contribution in [-0.4, -0.2) is 23.9 Å². The third-order valence-electron chi connectivity index (χ3n) is 2.74. The largest absolute Gasteiger partial charge is 0.245 e. The predicted molar refractivity (Wildman–Crippen MR) is 82.4 cm³/mol. The molecule has 0 amide bonds. The average molecular weight is 347 g/mol. The van der Waals surface area contributed by atoms with E-state index in [4.69, 9.17) is 0 Å². The van der Waals surface area contributed by atoms with Crippen molar-refractivity contribution in [2.45, 2.75) is 16.3 Å². The van der Waals surface area contributed by atoms with E-state index in [0.29, 0.717) is 16.2 Å². The van der Waals surface area contributed by atoms with Crippen molar-refractivity contribution in [3.05, 3.63) is 46.7 Å². The molecule has 0 aliphatic carbocycles. The summed E-state index contributed by atoms with van der Waals surface area (Å²) in [5, 5.41) is 1.53. The van der Waals surface area contributed by atoms with E-state index in [9.17, 15) is 16.8 Å². The number of thiophene rings is 1. The molecule has 114 valence electrons. The van der Waals surface area contributed by atoms with Crippen molar-refractivity contribution in [3.63, 3.8) is 0 Å². The van der Waals surface area contributed by atoms with Crippen molar-refractivity contribution in [2.24, 2.45) is 0 Å². The minimum Gasteiger partial charge on any atom is -0.214 e. The minimum absolute atomic E-state index is 0.0675. The maximum atomic E-state index is 12.0. The van der Waals surface area contributed by atoms with E-state index in [1.165, 1.54) is 30.6 Å². The molecular weight excluding hydrogens is 332 g/mol. The first-order valence-corrected chi connectivity index (χ1v) is 9.88. The van der Waals surface area contributed by atoms with Crippen molar-refractivity contribution in [3.8, 4) is 0 Å². The molecule has 0 spiro atoms. The quantitative estimate of drug-likeness (QED) is 0.758. The molecule has 21 heavy (non-hydrogen) atoms. The summed E-state index contributed by atoms with van der Waals surface area (Å²) in [5.41, 5.74) is 0. The van der Waals surface area contributed by atoms with Crippen LogP contribution in [-0.2, 0) is 26.6 Å². The second-order valence-electron chi connectivity index (χ2n) is 4.14. The van der Waals surface area contributed by atoms with Gasteiger partial charge in [-0.15, -0.1) is 0 Å². The summed E-state index contributed by atoms with van der Waals surface area (Å²) in [6.07, 6.45) is 0. The fourth-order valence-corrected chi connectivity index (χ4v) is 4.82. The van der Waals surface area contributed by atoms with Crippen LogP contribution in [0.3, 0.4) is 0 Å². The smallest absolute Gasteiger partial charge is 0.214 e. The Kier molecular flexibility index (Phi) is 4.79. The highest BCUT2D eigenvalue weighted by Gasteiger charge is 2.20. The van der Waals surface area contributed by atoms with Crippen LogP contribution in [0.1, 0.15) is 4.88 Å². The normalized spacial score (nSPS) is 12.4. The van der Waals surface area contributed by atoms with Crippen molar-refractivity contribution in [2.75, 3.05) is 7.05 Å². The molecule has 0 unspecified atom stereocenters. The van der Waals surface area contributed by atoms with Crippen molar-refractivity contribution < 1.29 is 16.8 Å². The van der Waals surface area contributed by atoms with Crippen LogP contribution < -0.4 is 9.44 Å². The lowest BCUT2D eigenvalue weighted by Crippen LogP contribution is -2.22. The Labute approximate surface area is 127 Å². The van der Waals surface area contributed by atoms with Gasteiger partial charge in [-0.3, -0.25) is 0 Å². The fourth-order valence-electron chi connectivity index (χ4n) is 1.60. The Morgan fingerprint density at radius 3 is 2.29 bits per heavy atom. The van der Waals surface area contributed by atoms with E-state index in [2.05, 4.69) is 9.44 Å². The minimum atomic E-state index is -3.59. The lowest BCUT2D eigenvalue weighted by atomic mass is 10.4. The van der Waals surface area contributed by atoms with Gasteiger partial charge in [0.15, 0.2) is 10.3 Å². The summed E-state index contributed by atoms with van der Waals surface area (Å²) < 4.78 is 51.9. The molecule has 9 heteroatoms. The Hall–Kier alpha value is -1.26. The molecule has 0 bridgehead atoms. The van der Waals surface area contributed by atoms with E-state index in [1.54, 1.807) is 18.2 Å². The molecule has 2 rings (SSSR count). The summed E-state index contributed by atoms with van der Waals surface area (Å²) in [4.78, 5) is 1.00. The number of hydrogen-bond acceptors (Lipinski definition) is 4. The van der Waals surface area contributed by atoms with E-state index >= 15 is 0 Å². The topological polar surface area (TPSA) is 92.3 Å². The highest BCUT2D eigenvalue weighted by atomic mass is 32.2. The molecule has 0 aliphatic rings. The number of benzene rings is 1. The number of hydrogen-bond donors (Lipinski definition) is 2. The summed E-state index contributed by atoms with van der Waals surface area (Å²) >= 11 is 0.667. The molecule has 2 N–H and O–H groups in total. The van der Waals surface area contributed by atoms with Gasteiger partial charge in [0.1, 0.15) is 4.90 Å². The van der Waals surface area contributed by atoms with E-state index < -0.39 is 20.0 Å². The SMILES string of the molecule is CNS(=O)(=O)c1c[sH+]c(CNS(=O)(=O)c2ccccc2)c1. The zero-order valence-corrected chi connectivity index (χ0v) is 13.7. The Morgan fingerprint density at radius 1 is 1.00 bits per heavy atom. The van der Waals surface area contributed by atoms with E-state index in [1.807, 2.05) is 0 Å². The van der Waals surface area contributed by atoms with Gasteiger partial charge in [-0.1, -0.05) is 18.2 Å². The van der Waals surface area contributed by atoms with Crippen LogP contribution in [0.5, 0.6) is 0 Å². The first kappa shape index (κ1) is 16.1. The summed E-state index contributed by atoms with van der Waals surface area (Å²) in [5.74, 6) is 0. The van der Waals surface area contributed by atoms with Crippen LogP contribution in [0.4, 0.5) is 0 Å². The van der Waals surface area contributed by atoms with E-state index in [0.717, 1.165) is 0 Å². The molecule has 0 aliphatic heterocycles. The van der Waals surface area contributed by atoms with Gasteiger partial charge >= 0.3 is 0 Å². The molecule has 0 atom stereocenters. The maximum Gasteiger partial charge on any atom is 0.245 e. The summed E-state index contributed by atoms with van der Waals surface area (Å²) in [7, 11) is -5.75. The Morgan fingerprint density at radius 2 is 1.67 bits per heavy atom. The standard InChI is InChI=1S/C12H14N2O4S3/c1-13-20(15,16)12-7-10(19-9-12)8-14-21(17,18)11-5-3-2-4-6-11/h2-7,9,13-14H,8H2,1H3/p+1. The monoisotopic (exact) mass is 347 g/mol. The second-order valence-corrected chi connectivity index (χ2v) is 8.89. The molecule has 0 saturated heterocycles. The third-order valence-corrected chi connectivity index (χ3v) is 6.75. The highest BCUT2D eigenvalue weighted by molar-refractivity contribution is 7.89. The lowest BCUT2D eigenvalue weighted by molar-refractivity contribution is 0.582. The van der Waals surface area contributed by atoms with Gasteiger partial charge in [0.2, 0.25) is 20.0 Å². The molecule has 0 saturated carbocycles. The predicted octanol–water partition coefficient (Wildman–Crippen LogP) is 0.867. The van der Waals surface area contributed by atoms with Crippen LogP contribution in [0, 0.1) is 0 Å². The van der Waals surface area contributed by atoms with E-state index in [-0.39, 0.29) is 16.3 Å².